The number of amides is 1. The number of anilines is 1. The number of hydrogen-bond donors (Lipinski definition) is 2. The van der Waals surface area contributed by atoms with Crippen LogP contribution in [-0.4, -0.2) is 25.7 Å². The van der Waals surface area contributed by atoms with Crippen molar-refractivity contribution in [3.63, 3.8) is 0 Å². The van der Waals surface area contributed by atoms with Gasteiger partial charge in [0, 0.05) is 18.4 Å². The minimum atomic E-state index is -0.407. The van der Waals surface area contributed by atoms with Gasteiger partial charge in [0.1, 0.15) is 11.6 Å². The minimum absolute atomic E-state index is 0.0414. The molecule has 0 unspecified atom stereocenters. The first kappa shape index (κ1) is 24.8. The molecule has 0 aliphatic rings. The lowest BCUT2D eigenvalue weighted by atomic mass is 10.0. The van der Waals surface area contributed by atoms with E-state index in [1.165, 1.54) is 6.20 Å². The Morgan fingerprint density at radius 2 is 1.66 bits per heavy atom. The number of nitrogens with one attached hydrogen (secondary N) is 2. The van der Waals surface area contributed by atoms with Crippen LogP contribution in [0.2, 0.25) is 0 Å². The normalized spacial score (nSPS) is 10.9. The number of hydrogen-bond acceptors (Lipinski definition) is 5. The predicted octanol–water partition coefficient (Wildman–Crippen LogP) is 4.79. The number of aryl methyl sites for hydroxylation is 2. The Morgan fingerprint density at radius 1 is 1.00 bits per heavy atom. The molecule has 2 N–H and O–H groups in total. The number of rotatable bonds is 12. The smallest absolute Gasteiger partial charge is 0.267 e. The van der Waals surface area contributed by atoms with Crippen LogP contribution in [0.5, 0.6) is 11.5 Å². The molecule has 0 saturated heterocycles. The molecule has 0 spiro atoms. The SMILES string of the molecule is CCOc1ccc(CCN/C=C(/C#N)C(=O)Nc2c(CC)cccc2CC)cc1OCC. The number of para-hydroxylation sites is 1. The van der Waals surface area contributed by atoms with Gasteiger partial charge in [-0.05, 0) is 61.9 Å². The monoisotopic (exact) mass is 435 g/mol. The Hall–Kier alpha value is -3.46. The Kier molecular flexibility index (Phi) is 10.1. The van der Waals surface area contributed by atoms with Crippen molar-refractivity contribution in [1.82, 2.24) is 5.32 Å². The first-order valence-corrected chi connectivity index (χ1v) is 11.2. The second-order valence-electron chi connectivity index (χ2n) is 7.13. The molecule has 2 aromatic carbocycles. The number of carbonyl (C=O) groups is 1. The Balaban J connectivity index is 2.01. The van der Waals surface area contributed by atoms with Gasteiger partial charge in [-0.2, -0.15) is 5.26 Å². The third-order valence-corrected chi connectivity index (χ3v) is 5.01. The first-order chi connectivity index (χ1) is 15.6. The predicted molar refractivity (Wildman–Crippen MR) is 128 cm³/mol. The minimum Gasteiger partial charge on any atom is -0.490 e. The molecule has 0 saturated carbocycles. The maximum Gasteiger partial charge on any atom is 0.267 e. The molecule has 2 aromatic rings. The van der Waals surface area contributed by atoms with Gasteiger partial charge in [-0.3, -0.25) is 4.79 Å². The lowest BCUT2D eigenvalue weighted by molar-refractivity contribution is -0.112. The number of carbonyl (C=O) groups excluding carboxylic acids is 1. The highest BCUT2D eigenvalue weighted by molar-refractivity contribution is 6.07. The molecule has 0 atom stereocenters. The summed E-state index contributed by atoms with van der Waals surface area (Å²) in [6.45, 7) is 9.68. The molecule has 0 aliphatic heterocycles. The van der Waals surface area contributed by atoms with Gasteiger partial charge < -0.3 is 20.1 Å². The zero-order valence-corrected chi connectivity index (χ0v) is 19.5. The van der Waals surface area contributed by atoms with E-state index in [0.717, 1.165) is 46.7 Å². The van der Waals surface area contributed by atoms with E-state index in [-0.39, 0.29) is 5.57 Å². The zero-order chi connectivity index (χ0) is 23.3. The average Bonchev–Trinajstić information content (AvgIpc) is 2.81. The summed E-state index contributed by atoms with van der Waals surface area (Å²) in [6.07, 6.45) is 3.80. The van der Waals surface area contributed by atoms with Gasteiger partial charge >= 0.3 is 0 Å². The van der Waals surface area contributed by atoms with Crippen molar-refractivity contribution in [3.05, 3.63) is 64.9 Å². The largest absolute Gasteiger partial charge is 0.490 e. The summed E-state index contributed by atoms with van der Waals surface area (Å²) < 4.78 is 11.3. The first-order valence-electron chi connectivity index (χ1n) is 11.2. The van der Waals surface area contributed by atoms with Crippen molar-refractivity contribution in [2.24, 2.45) is 0 Å². The van der Waals surface area contributed by atoms with Crippen LogP contribution in [0.25, 0.3) is 0 Å². The Morgan fingerprint density at radius 3 is 2.25 bits per heavy atom. The molecule has 0 bridgehead atoms. The van der Waals surface area contributed by atoms with Crippen LogP contribution in [0.15, 0.2) is 48.2 Å². The van der Waals surface area contributed by atoms with Gasteiger partial charge in [-0.1, -0.05) is 38.1 Å². The molecule has 0 radical (unpaired) electrons. The van der Waals surface area contributed by atoms with Crippen LogP contribution >= 0.6 is 0 Å². The molecule has 2 rings (SSSR count). The number of benzene rings is 2. The second-order valence-corrected chi connectivity index (χ2v) is 7.13. The fourth-order valence-electron chi connectivity index (χ4n) is 3.37. The molecule has 1 amide bonds. The average molecular weight is 436 g/mol. The highest BCUT2D eigenvalue weighted by Gasteiger charge is 2.14. The van der Waals surface area contributed by atoms with Crippen molar-refractivity contribution in [1.29, 1.82) is 5.26 Å². The van der Waals surface area contributed by atoms with Crippen molar-refractivity contribution in [2.75, 3.05) is 25.1 Å². The molecular formula is C26H33N3O3. The van der Waals surface area contributed by atoms with E-state index in [4.69, 9.17) is 9.47 Å². The summed E-state index contributed by atoms with van der Waals surface area (Å²) in [5.41, 5.74) is 4.04. The van der Waals surface area contributed by atoms with Gasteiger partial charge in [0.05, 0.1) is 13.2 Å². The molecule has 0 fully saturated rings. The fourth-order valence-corrected chi connectivity index (χ4v) is 3.37. The molecule has 0 aromatic heterocycles. The maximum atomic E-state index is 12.7. The topological polar surface area (TPSA) is 83.4 Å². The summed E-state index contributed by atoms with van der Waals surface area (Å²) in [5.74, 6) is 1.05. The van der Waals surface area contributed by atoms with E-state index < -0.39 is 5.91 Å². The standard InChI is InChI=1S/C26H33N3O3/c1-5-20-10-9-11-21(6-2)25(20)29-26(30)22(17-27)18-28-15-14-19-12-13-23(31-7-3)24(16-19)32-8-4/h9-13,16,18,28H,5-8,14-15H2,1-4H3,(H,29,30)/b22-18-. The van der Waals surface area contributed by atoms with Crippen molar-refractivity contribution >= 4 is 11.6 Å². The van der Waals surface area contributed by atoms with Crippen molar-refractivity contribution in [2.45, 2.75) is 47.0 Å². The van der Waals surface area contributed by atoms with Crippen LogP contribution < -0.4 is 20.1 Å². The summed E-state index contributed by atoms with van der Waals surface area (Å²) in [4.78, 5) is 12.7. The number of nitriles is 1. The van der Waals surface area contributed by atoms with E-state index in [1.54, 1.807) is 0 Å². The van der Waals surface area contributed by atoms with Crippen LogP contribution in [0, 0.1) is 11.3 Å². The van der Waals surface area contributed by atoms with Gasteiger partial charge in [0.15, 0.2) is 11.5 Å². The molecule has 6 heteroatoms. The van der Waals surface area contributed by atoms with E-state index in [9.17, 15) is 10.1 Å². The van der Waals surface area contributed by atoms with Crippen LogP contribution in [-0.2, 0) is 24.1 Å². The lowest BCUT2D eigenvalue weighted by Crippen LogP contribution is -2.19. The van der Waals surface area contributed by atoms with Gasteiger partial charge in [0.25, 0.3) is 5.91 Å². The summed E-state index contributed by atoms with van der Waals surface area (Å²) >= 11 is 0. The quantitative estimate of drug-likeness (QED) is 0.285. The molecule has 170 valence electrons. The summed E-state index contributed by atoms with van der Waals surface area (Å²) in [5, 5.41) is 15.5. The highest BCUT2D eigenvalue weighted by Crippen LogP contribution is 2.28. The van der Waals surface area contributed by atoms with Crippen molar-refractivity contribution < 1.29 is 14.3 Å². The van der Waals surface area contributed by atoms with Gasteiger partial charge in [0.2, 0.25) is 0 Å². The fraction of sp³-hybridized carbons (Fsp3) is 0.385. The van der Waals surface area contributed by atoms with Crippen molar-refractivity contribution in [3.8, 4) is 17.6 Å². The van der Waals surface area contributed by atoms with Gasteiger partial charge in [-0.25, -0.2) is 0 Å². The summed E-state index contributed by atoms with van der Waals surface area (Å²) in [6, 6.07) is 13.8. The zero-order valence-electron chi connectivity index (χ0n) is 19.5. The third kappa shape index (κ3) is 6.78. The molecule has 32 heavy (non-hydrogen) atoms. The van der Waals surface area contributed by atoms with E-state index >= 15 is 0 Å². The third-order valence-electron chi connectivity index (χ3n) is 5.01. The lowest BCUT2D eigenvalue weighted by Gasteiger charge is -2.14. The number of nitrogens with zero attached hydrogens (tertiary/aromatic N) is 1. The van der Waals surface area contributed by atoms with E-state index in [0.29, 0.717) is 26.2 Å². The molecular weight excluding hydrogens is 402 g/mol. The van der Waals surface area contributed by atoms with Crippen LogP contribution in [0.1, 0.15) is 44.4 Å². The summed E-state index contributed by atoms with van der Waals surface area (Å²) in [7, 11) is 0. The van der Waals surface area contributed by atoms with Crippen LogP contribution in [0.3, 0.4) is 0 Å². The molecule has 0 heterocycles. The highest BCUT2D eigenvalue weighted by atomic mass is 16.5. The van der Waals surface area contributed by atoms with E-state index in [1.807, 2.05) is 70.2 Å². The Bertz CT molecular complexity index is 955. The van der Waals surface area contributed by atoms with Gasteiger partial charge in [-0.15, -0.1) is 0 Å². The van der Waals surface area contributed by atoms with Crippen LogP contribution in [0.4, 0.5) is 5.69 Å². The van der Waals surface area contributed by atoms with E-state index in [2.05, 4.69) is 10.6 Å². The molecule has 0 aliphatic carbocycles. The maximum absolute atomic E-state index is 12.7. The Labute approximate surface area is 191 Å². The second kappa shape index (κ2) is 13.1. The number of ether oxygens (including phenoxy) is 2. The molecule has 6 nitrogen and oxygen atoms in total.